The van der Waals surface area contributed by atoms with Gasteiger partial charge in [-0.15, -0.1) is 0 Å². The lowest BCUT2D eigenvalue weighted by Crippen LogP contribution is -2.47. The number of hydrogen-bond donors (Lipinski definition) is 2. The van der Waals surface area contributed by atoms with Crippen LogP contribution in [0.5, 0.6) is 5.75 Å². The van der Waals surface area contributed by atoms with E-state index in [1.54, 1.807) is 31.2 Å². The summed E-state index contributed by atoms with van der Waals surface area (Å²) in [6, 6.07) is 14.8. The Balaban J connectivity index is 1.62. The molecule has 0 spiro atoms. The molecule has 8 nitrogen and oxygen atoms in total. The zero-order valence-electron chi connectivity index (χ0n) is 17.9. The predicted molar refractivity (Wildman–Crippen MR) is 118 cm³/mol. The zero-order chi connectivity index (χ0) is 23.3. The summed E-state index contributed by atoms with van der Waals surface area (Å²) in [4.78, 5) is 25.0. The normalized spacial score (nSPS) is 12.1. The molecule has 0 radical (unpaired) electrons. The molecule has 0 fully saturated rings. The molecular weight excluding hydrogens is 432 g/mol. The van der Waals surface area contributed by atoms with Crippen LogP contribution in [-0.4, -0.2) is 26.3 Å². The van der Waals surface area contributed by atoms with E-state index in [1.807, 2.05) is 26.0 Å². The number of hydrogen-bond acceptors (Lipinski definition) is 6. The van der Waals surface area contributed by atoms with Gasteiger partial charge in [0.1, 0.15) is 5.75 Å². The number of carbonyl (C=O) groups is 2. The minimum atomic E-state index is -3.67. The number of amides is 2. The van der Waals surface area contributed by atoms with Crippen molar-refractivity contribution >= 4 is 21.7 Å². The van der Waals surface area contributed by atoms with E-state index < -0.39 is 33.5 Å². The number of sulfone groups is 1. The fraction of sp³-hybridized carbons (Fsp3) is 0.217. The molecule has 0 saturated carbocycles. The smallest absolute Gasteiger partial charge is 0.305 e. The molecule has 3 rings (SSSR count). The molecule has 1 unspecified atom stereocenters. The zero-order valence-corrected chi connectivity index (χ0v) is 18.7. The van der Waals surface area contributed by atoms with E-state index in [1.165, 1.54) is 24.5 Å². The van der Waals surface area contributed by atoms with Crippen LogP contribution in [0.25, 0.3) is 0 Å². The van der Waals surface area contributed by atoms with Crippen molar-refractivity contribution in [2.75, 3.05) is 0 Å². The van der Waals surface area contributed by atoms with E-state index in [9.17, 15) is 18.0 Å². The number of aryl methyl sites for hydroxylation is 1. The third kappa shape index (κ3) is 5.36. The average Bonchev–Trinajstić information content (AvgIpc) is 3.23. The van der Waals surface area contributed by atoms with E-state index in [2.05, 4.69) is 10.9 Å². The molecule has 168 valence electrons. The Kier molecular flexibility index (Phi) is 6.99. The van der Waals surface area contributed by atoms with Crippen LogP contribution in [0.15, 0.2) is 70.2 Å². The lowest BCUT2D eigenvalue weighted by molar-refractivity contribution is -0.128. The molecular formula is C23H24N2O6S. The van der Waals surface area contributed by atoms with Gasteiger partial charge in [-0.05, 0) is 56.2 Å². The lowest BCUT2D eigenvalue weighted by atomic mass is 10.1. The highest BCUT2D eigenvalue weighted by Crippen LogP contribution is 2.22. The van der Waals surface area contributed by atoms with Gasteiger partial charge in [-0.1, -0.05) is 30.3 Å². The Morgan fingerprint density at radius 3 is 2.44 bits per heavy atom. The van der Waals surface area contributed by atoms with Gasteiger partial charge in [0.25, 0.3) is 5.91 Å². The third-order valence-corrected chi connectivity index (χ3v) is 6.61. The number of furan rings is 1. The molecule has 2 N–H and O–H groups in total. The number of nitrogens with one attached hydrogen (secondary N) is 2. The van der Waals surface area contributed by atoms with E-state index in [0.717, 1.165) is 11.1 Å². The number of hydrazine groups is 1. The van der Waals surface area contributed by atoms with Crippen molar-refractivity contribution < 1.29 is 27.2 Å². The molecule has 3 aromatic rings. The van der Waals surface area contributed by atoms with Crippen LogP contribution in [0.3, 0.4) is 0 Å². The predicted octanol–water partition coefficient (Wildman–Crippen LogP) is 3.10. The molecule has 1 aromatic heterocycles. The van der Waals surface area contributed by atoms with Crippen LogP contribution >= 0.6 is 0 Å². The van der Waals surface area contributed by atoms with Gasteiger partial charge in [0, 0.05) is 5.56 Å². The van der Waals surface area contributed by atoms with Gasteiger partial charge < -0.3 is 9.15 Å². The average molecular weight is 457 g/mol. The first-order valence-corrected chi connectivity index (χ1v) is 11.5. The molecule has 32 heavy (non-hydrogen) atoms. The van der Waals surface area contributed by atoms with Crippen LogP contribution in [-0.2, 0) is 20.4 Å². The first-order chi connectivity index (χ1) is 15.2. The van der Waals surface area contributed by atoms with Crippen LogP contribution in [0.2, 0.25) is 0 Å². The Labute approximate surface area is 186 Å². The second-order valence-electron chi connectivity index (χ2n) is 7.25. The maximum atomic E-state index is 12.6. The number of rotatable bonds is 7. The summed E-state index contributed by atoms with van der Waals surface area (Å²) in [7, 11) is -3.67. The van der Waals surface area contributed by atoms with Crippen LogP contribution < -0.4 is 15.6 Å². The molecule has 1 heterocycles. The number of ether oxygens (including phenoxy) is 1. The fourth-order valence-electron chi connectivity index (χ4n) is 2.94. The maximum absolute atomic E-state index is 12.6. The van der Waals surface area contributed by atoms with Crippen molar-refractivity contribution in [2.24, 2.45) is 0 Å². The van der Waals surface area contributed by atoms with Gasteiger partial charge in [-0.3, -0.25) is 20.4 Å². The van der Waals surface area contributed by atoms with E-state index in [4.69, 9.17) is 9.15 Å². The Morgan fingerprint density at radius 1 is 1.00 bits per heavy atom. The highest BCUT2D eigenvalue weighted by molar-refractivity contribution is 7.90. The standard InChI is InChI=1S/C23H24N2O6S/c1-15-8-7-11-20(16(15)2)31-17(3)22(26)24-25-23(27)21-18(12-13-30-21)14-32(28,29)19-9-5-4-6-10-19/h4-13,17H,14H2,1-3H3,(H,24,26)(H,25,27). The van der Waals surface area contributed by atoms with Gasteiger partial charge in [0.2, 0.25) is 0 Å². The van der Waals surface area contributed by atoms with Gasteiger partial charge in [-0.2, -0.15) is 0 Å². The first-order valence-electron chi connectivity index (χ1n) is 9.86. The van der Waals surface area contributed by atoms with Crippen LogP contribution in [0.1, 0.15) is 34.2 Å². The summed E-state index contributed by atoms with van der Waals surface area (Å²) in [5.41, 5.74) is 6.63. The Bertz CT molecular complexity index is 1220. The topological polar surface area (TPSA) is 115 Å². The second kappa shape index (κ2) is 9.69. The van der Waals surface area contributed by atoms with Gasteiger partial charge in [-0.25, -0.2) is 8.42 Å². The lowest BCUT2D eigenvalue weighted by Gasteiger charge is -2.17. The minimum Gasteiger partial charge on any atom is -0.481 e. The molecule has 2 aromatic carbocycles. The van der Waals surface area contributed by atoms with E-state index >= 15 is 0 Å². The quantitative estimate of drug-likeness (QED) is 0.528. The maximum Gasteiger partial charge on any atom is 0.305 e. The van der Waals surface area contributed by atoms with Crippen LogP contribution in [0.4, 0.5) is 0 Å². The molecule has 0 aliphatic rings. The Hall–Kier alpha value is -3.59. The minimum absolute atomic E-state index is 0.137. The SMILES string of the molecule is Cc1cccc(OC(C)C(=O)NNC(=O)c2occc2CS(=O)(=O)c2ccccc2)c1C. The fourth-order valence-corrected chi connectivity index (χ4v) is 4.31. The Morgan fingerprint density at radius 2 is 1.72 bits per heavy atom. The first kappa shape index (κ1) is 23.1. The summed E-state index contributed by atoms with van der Waals surface area (Å²) in [6.07, 6.45) is 0.337. The molecule has 1 atom stereocenters. The van der Waals surface area contributed by atoms with Crippen molar-refractivity contribution in [2.45, 2.75) is 37.5 Å². The van der Waals surface area contributed by atoms with E-state index in [-0.39, 0.29) is 16.2 Å². The summed E-state index contributed by atoms with van der Waals surface area (Å²) < 4.78 is 36.0. The summed E-state index contributed by atoms with van der Waals surface area (Å²) in [5.74, 6) is -1.41. The van der Waals surface area contributed by atoms with Gasteiger partial charge in [0.15, 0.2) is 21.7 Å². The summed E-state index contributed by atoms with van der Waals surface area (Å²) in [5, 5.41) is 0. The third-order valence-electron chi connectivity index (χ3n) is 4.93. The highest BCUT2D eigenvalue weighted by atomic mass is 32.2. The van der Waals surface area contributed by atoms with Gasteiger partial charge in [0.05, 0.1) is 16.9 Å². The summed E-state index contributed by atoms with van der Waals surface area (Å²) in [6.45, 7) is 5.37. The van der Waals surface area contributed by atoms with Crippen molar-refractivity contribution in [1.82, 2.24) is 10.9 Å². The monoisotopic (exact) mass is 456 g/mol. The van der Waals surface area contributed by atoms with Crippen molar-refractivity contribution in [3.05, 3.63) is 83.3 Å². The van der Waals surface area contributed by atoms with Crippen molar-refractivity contribution in [3.63, 3.8) is 0 Å². The number of carbonyl (C=O) groups excluding carboxylic acids is 2. The largest absolute Gasteiger partial charge is 0.481 e. The molecule has 9 heteroatoms. The molecule has 2 amide bonds. The summed E-state index contributed by atoms with van der Waals surface area (Å²) >= 11 is 0. The highest BCUT2D eigenvalue weighted by Gasteiger charge is 2.23. The molecule has 0 aliphatic carbocycles. The van der Waals surface area contributed by atoms with E-state index in [0.29, 0.717) is 5.75 Å². The number of benzene rings is 2. The van der Waals surface area contributed by atoms with Gasteiger partial charge >= 0.3 is 5.91 Å². The van der Waals surface area contributed by atoms with Crippen LogP contribution in [0, 0.1) is 13.8 Å². The molecule has 0 bridgehead atoms. The molecule has 0 saturated heterocycles. The second-order valence-corrected chi connectivity index (χ2v) is 9.24. The molecule has 0 aliphatic heterocycles. The van der Waals surface area contributed by atoms with Crippen molar-refractivity contribution in [3.8, 4) is 5.75 Å². The van der Waals surface area contributed by atoms with Crippen molar-refractivity contribution in [1.29, 1.82) is 0 Å².